The van der Waals surface area contributed by atoms with Crippen LogP contribution in [0.5, 0.6) is 0 Å². The third-order valence-electron chi connectivity index (χ3n) is 2.44. The van der Waals surface area contributed by atoms with Gasteiger partial charge in [-0.15, -0.1) is 0 Å². The van der Waals surface area contributed by atoms with Gasteiger partial charge in [0.05, 0.1) is 0 Å². The summed E-state index contributed by atoms with van der Waals surface area (Å²) in [6.45, 7) is 3.93. The molecule has 1 aliphatic rings. The summed E-state index contributed by atoms with van der Waals surface area (Å²) in [6.07, 6.45) is 1.71. The molecular weight excluding hydrogens is 142 g/mol. The number of likely N-dealkylation sites (tertiary alicyclic amines) is 1. The molecule has 0 aromatic heterocycles. The maximum absolute atomic E-state index is 9.20. The fourth-order valence-electron chi connectivity index (χ4n) is 1.51. The molecule has 0 bridgehead atoms. The molecule has 3 nitrogen and oxygen atoms in total. The summed E-state index contributed by atoms with van der Waals surface area (Å²) >= 11 is 0. The van der Waals surface area contributed by atoms with Crippen LogP contribution >= 0.6 is 0 Å². The van der Waals surface area contributed by atoms with Crippen molar-refractivity contribution in [2.75, 3.05) is 19.7 Å². The van der Waals surface area contributed by atoms with Crippen LogP contribution in [-0.4, -0.2) is 41.0 Å². The molecule has 1 aliphatic heterocycles. The minimum Gasteiger partial charge on any atom is -0.396 e. The standard InChI is InChI=1S/C8H17NO2/c1-7(11)9-4-2-8(6-10)3-5-9/h7-8,10-11H,2-6H2,1H3. The number of aliphatic hydroxyl groups excluding tert-OH is 2. The number of aliphatic hydroxyl groups is 2. The smallest absolute Gasteiger partial charge is 0.104 e. The van der Waals surface area contributed by atoms with Crippen LogP contribution in [0.3, 0.4) is 0 Å². The zero-order valence-electron chi connectivity index (χ0n) is 7.03. The highest BCUT2D eigenvalue weighted by atomic mass is 16.3. The highest BCUT2D eigenvalue weighted by Gasteiger charge is 2.20. The fourth-order valence-corrected chi connectivity index (χ4v) is 1.51. The molecule has 1 unspecified atom stereocenters. The van der Waals surface area contributed by atoms with Gasteiger partial charge >= 0.3 is 0 Å². The van der Waals surface area contributed by atoms with Crippen molar-refractivity contribution in [1.82, 2.24) is 4.90 Å². The van der Waals surface area contributed by atoms with E-state index < -0.39 is 0 Å². The van der Waals surface area contributed by atoms with Crippen LogP contribution < -0.4 is 0 Å². The second-order valence-electron chi connectivity index (χ2n) is 3.29. The molecule has 1 heterocycles. The van der Waals surface area contributed by atoms with Crippen molar-refractivity contribution in [2.45, 2.75) is 26.0 Å². The molecule has 0 aliphatic carbocycles. The lowest BCUT2D eigenvalue weighted by molar-refractivity contribution is -0.00906. The van der Waals surface area contributed by atoms with E-state index in [0.717, 1.165) is 25.9 Å². The van der Waals surface area contributed by atoms with Crippen molar-refractivity contribution in [3.8, 4) is 0 Å². The molecule has 0 amide bonds. The van der Waals surface area contributed by atoms with Gasteiger partial charge in [-0.1, -0.05) is 0 Å². The molecule has 2 N–H and O–H groups in total. The Hall–Kier alpha value is -0.120. The van der Waals surface area contributed by atoms with Gasteiger partial charge in [0.25, 0.3) is 0 Å². The molecule has 0 saturated carbocycles. The first-order valence-electron chi connectivity index (χ1n) is 4.27. The second-order valence-corrected chi connectivity index (χ2v) is 3.29. The first kappa shape index (κ1) is 8.97. The molecule has 0 aromatic carbocycles. The van der Waals surface area contributed by atoms with Gasteiger partial charge in [0.15, 0.2) is 0 Å². The summed E-state index contributed by atoms with van der Waals surface area (Å²) in [5.74, 6) is 0.463. The zero-order valence-corrected chi connectivity index (χ0v) is 7.03. The van der Waals surface area contributed by atoms with Crippen molar-refractivity contribution in [3.05, 3.63) is 0 Å². The van der Waals surface area contributed by atoms with E-state index in [9.17, 15) is 5.11 Å². The van der Waals surface area contributed by atoms with E-state index in [1.54, 1.807) is 6.92 Å². The van der Waals surface area contributed by atoms with Crippen LogP contribution in [0.25, 0.3) is 0 Å². The van der Waals surface area contributed by atoms with E-state index in [-0.39, 0.29) is 6.23 Å². The molecule has 66 valence electrons. The Morgan fingerprint density at radius 1 is 1.45 bits per heavy atom. The Morgan fingerprint density at radius 3 is 2.36 bits per heavy atom. The van der Waals surface area contributed by atoms with Crippen LogP contribution in [0.15, 0.2) is 0 Å². The Labute approximate surface area is 67.6 Å². The van der Waals surface area contributed by atoms with Crippen molar-refractivity contribution in [1.29, 1.82) is 0 Å². The number of hydrogen-bond donors (Lipinski definition) is 2. The van der Waals surface area contributed by atoms with E-state index in [1.165, 1.54) is 0 Å². The normalized spacial score (nSPS) is 25.4. The summed E-state index contributed by atoms with van der Waals surface area (Å²) in [5, 5.41) is 18.0. The summed E-state index contributed by atoms with van der Waals surface area (Å²) in [7, 11) is 0. The third-order valence-corrected chi connectivity index (χ3v) is 2.44. The molecule has 1 rings (SSSR count). The van der Waals surface area contributed by atoms with Gasteiger partial charge in [-0.2, -0.15) is 0 Å². The average molecular weight is 159 g/mol. The first-order chi connectivity index (χ1) is 5.24. The number of nitrogens with zero attached hydrogens (tertiary/aromatic N) is 1. The topological polar surface area (TPSA) is 43.7 Å². The monoisotopic (exact) mass is 159 g/mol. The Bertz CT molecular complexity index is 109. The summed E-state index contributed by atoms with van der Waals surface area (Å²) < 4.78 is 0. The van der Waals surface area contributed by atoms with Crippen LogP contribution in [0.2, 0.25) is 0 Å². The molecule has 0 radical (unpaired) electrons. The molecule has 1 fully saturated rings. The predicted molar refractivity (Wildman–Crippen MR) is 43.1 cm³/mol. The van der Waals surface area contributed by atoms with Gasteiger partial charge in [0.1, 0.15) is 6.23 Å². The minimum absolute atomic E-state index is 0.299. The van der Waals surface area contributed by atoms with Crippen molar-refractivity contribution < 1.29 is 10.2 Å². The third kappa shape index (κ3) is 2.43. The molecule has 0 aromatic rings. The van der Waals surface area contributed by atoms with Crippen LogP contribution in [0, 0.1) is 5.92 Å². The van der Waals surface area contributed by atoms with Crippen LogP contribution in [0.4, 0.5) is 0 Å². The first-order valence-corrected chi connectivity index (χ1v) is 4.27. The molecule has 1 saturated heterocycles. The lowest BCUT2D eigenvalue weighted by Gasteiger charge is -2.32. The molecule has 1 atom stereocenters. The van der Waals surface area contributed by atoms with Gasteiger partial charge in [0, 0.05) is 19.7 Å². The van der Waals surface area contributed by atoms with Gasteiger partial charge in [-0.05, 0) is 25.7 Å². The van der Waals surface area contributed by atoms with Crippen molar-refractivity contribution in [3.63, 3.8) is 0 Å². The highest BCUT2D eigenvalue weighted by Crippen LogP contribution is 2.17. The van der Waals surface area contributed by atoms with Gasteiger partial charge in [0.2, 0.25) is 0 Å². The summed E-state index contributed by atoms with van der Waals surface area (Å²) in [5.41, 5.74) is 0. The number of piperidine rings is 1. The van der Waals surface area contributed by atoms with Gasteiger partial charge < -0.3 is 10.2 Å². The Morgan fingerprint density at radius 2 is 2.00 bits per heavy atom. The lowest BCUT2D eigenvalue weighted by Crippen LogP contribution is -2.40. The molecular formula is C8H17NO2. The van der Waals surface area contributed by atoms with Crippen LogP contribution in [0.1, 0.15) is 19.8 Å². The van der Waals surface area contributed by atoms with Crippen molar-refractivity contribution >= 4 is 0 Å². The zero-order chi connectivity index (χ0) is 8.27. The summed E-state index contributed by atoms with van der Waals surface area (Å²) in [6, 6.07) is 0. The quantitative estimate of drug-likeness (QED) is 0.597. The predicted octanol–water partition coefficient (Wildman–Crippen LogP) is 0.0290. The SMILES string of the molecule is CC(O)N1CCC(CO)CC1. The molecule has 11 heavy (non-hydrogen) atoms. The number of rotatable bonds is 2. The maximum Gasteiger partial charge on any atom is 0.104 e. The van der Waals surface area contributed by atoms with E-state index in [1.807, 2.05) is 4.90 Å². The van der Waals surface area contributed by atoms with Crippen LogP contribution in [-0.2, 0) is 0 Å². The molecule has 0 spiro atoms. The van der Waals surface area contributed by atoms with Gasteiger partial charge in [-0.25, -0.2) is 0 Å². The van der Waals surface area contributed by atoms with E-state index in [0.29, 0.717) is 12.5 Å². The lowest BCUT2D eigenvalue weighted by atomic mass is 9.98. The fraction of sp³-hybridized carbons (Fsp3) is 1.00. The molecule has 3 heteroatoms. The van der Waals surface area contributed by atoms with E-state index in [2.05, 4.69) is 0 Å². The average Bonchev–Trinajstić information content (AvgIpc) is 2.05. The largest absolute Gasteiger partial charge is 0.396 e. The number of hydrogen-bond acceptors (Lipinski definition) is 3. The second kappa shape index (κ2) is 4.04. The van der Waals surface area contributed by atoms with E-state index >= 15 is 0 Å². The van der Waals surface area contributed by atoms with E-state index in [4.69, 9.17) is 5.11 Å². The summed E-state index contributed by atoms with van der Waals surface area (Å²) in [4.78, 5) is 2.03. The van der Waals surface area contributed by atoms with Crippen molar-refractivity contribution in [2.24, 2.45) is 5.92 Å². The minimum atomic E-state index is -0.324. The Kier molecular flexibility index (Phi) is 3.30. The maximum atomic E-state index is 9.20. The Balaban J connectivity index is 2.24. The highest BCUT2D eigenvalue weighted by molar-refractivity contribution is 4.71. The van der Waals surface area contributed by atoms with Gasteiger partial charge in [-0.3, -0.25) is 4.90 Å².